The fourth-order valence-electron chi connectivity index (χ4n) is 3.03. The van der Waals surface area contributed by atoms with Crippen molar-refractivity contribution in [2.75, 3.05) is 19.8 Å². The predicted molar refractivity (Wildman–Crippen MR) is 64.6 cm³/mol. The molecule has 4 nitrogen and oxygen atoms in total. The van der Waals surface area contributed by atoms with E-state index in [1.54, 1.807) is 0 Å². The SMILES string of the molecule is CCC1OCCC1C(=O)N1CCCCC1CO. The van der Waals surface area contributed by atoms with Crippen molar-refractivity contribution in [2.24, 2.45) is 5.92 Å². The first-order valence-corrected chi connectivity index (χ1v) is 6.80. The van der Waals surface area contributed by atoms with Crippen molar-refractivity contribution in [1.29, 1.82) is 0 Å². The molecule has 0 spiro atoms. The summed E-state index contributed by atoms with van der Waals surface area (Å²) in [5.74, 6) is 0.222. The van der Waals surface area contributed by atoms with Crippen LogP contribution in [0.2, 0.25) is 0 Å². The van der Waals surface area contributed by atoms with E-state index in [2.05, 4.69) is 6.92 Å². The minimum absolute atomic E-state index is 0.0205. The Morgan fingerprint density at radius 3 is 2.94 bits per heavy atom. The summed E-state index contributed by atoms with van der Waals surface area (Å²) in [6, 6.07) is 0.0364. The zero-order chi connectivity index (χ0) is 12.3. The number of carbonyl (C=O) groups excluding carboxylic acids is 1. The number of hydrogen-bond donors (Lipinski definition) is 1. The van der Waals surface area contributed by atoms with Crippen LogP contribution >= 0.6 is 0 Å². The topological polar surface area (TPSA) is 49.8 Å². The monoisotopic (exact) mass is 241 g/mol. The molecule has 3 atom stereocenters. The number of likely N-dealkylation sites (tertiary alicyclic amines) is 1. The van der Waals surface area contributed by atoms with Gasteiger partial charge in [-0.1, -0.05) is 6.92 Å². The Balaban J connectivity index is 2.02. The van der Waals surface area contributed by atoms with Crippen LogP contribution in [0.3, 0.4) is 0 Å². The third-order valence-electron chi connectivity index (χ3n) is 4.05. The van der Waals surface area contributed by atoms with Gasteiger partial charge in [0.05, 0.1) is 24.7 Å². The van der Waals surface area contributed by atoms with Crippen LogP contribution in [-0.2, 0) is 9.53 Å². The molecular weight excluding hydrogens is 218 g/mol. The molecule has 0 bridgehead atoms. The van der Waals surface area contributed by atoms with Crippen LogP contribution in [0, 0.1) is 5.92 Å². The quantitative estimate of drug-likeness (QED) is 0.807. The van der Waals surface area contributed by atoms with Crippen molar-refractivity contribution in [1.82, 2.24) is 4.90 Å². The van der Waals surface area contributed by atoms with Crippen molar-refractivity contribution in [2.45, 2.75) is 51.2 Å². The Morgan fingerprint density at radius 1 is 1.41 bits per heavy atom. The van der Waals surface area contributed by atoms with E-state index < -0.39 is 0 Å². The Labute approximate surface area is 103 Å². The van der Waals surface area contributed by atoms with Crippen molar-refractivity contribution in [3.8, 4) is 0 Å². The minimum atomic E-state index is 0.0205. The molecule has 0 radical (unpaired) electrons. The van der Waals surface area contributed by atoms with Gasteiger partial charge in [-0.2, -0.15) is 0 Å². The minimum Gasteiger partial charge on any atom is -0.394 e. The summed E-state index contributed by atoms with van der Waals surface area (Å²) < 4.78 is 5.59. The van der Waals surface area contributed by atoms with Gasteiger partial charge < -0.3 is 14.7 Å². The van der Waals surface area contributed by atoms with Crippen molar-refractivity contribution in [3.05, 3.63) is 0 Å². The van der Waals surface area contributed by atoms with Gasteiger partial charge in [0.1, 0.15) is 0 Å². The number of piperidine rings is 1. The smallest absolute Gasteiger partial charge is 0.228 e. The lowest BCUT2D eigenvalue weighted by Crippen LogP contribution is -2.49. The number of ether oxygens (including phenoxy) is 1. The van der Waals surface area contributed by atoms with Gasteiger partial charge in [0.25, 0.3) is 0 Å². The largest absolute Gasteiger partial charge is 0.394 e. The molecule has 98 valence electrons. The van der Waals surface area contributed by atoms with E-state index in [0.29, 0.717) is 6.61 Å². The highest BCUT2D eigenvalue weighted by Gasteiger charge is 2.38. The molecule has 2 heterocycles. The number of rotatable bonds is 3. The van der Waals surface area contributed by atoms with Crippen molar-refractivity contribution in [3.63, 3.8) is 0 Å². The first-order chi connectivity index (χ1) is 8.27. The van der Waals surface area contributed by atoms with Gasteiger partial charge in [0, 0.05) is 13.2 Å². The molecule has 0 aromatic heterocycles. The maximum absolute atomic E-state index is 12.5. The summed E-state index contributed by atoms with van der Waals surface area (Å²) in [7, 11) is 0. The molecule has 2 saturated heterocycles. The molecule has 0 aliphatic carbocycles. The second-order valence-electron chi connectivity index (χ2n) is 5.08. The molecular formula is C13H23NO3. The average Bonchev–Trinajstić information content (AvgIpc) is 2.86. The number of nitrogens with zero attached hydrogens (tertiary/aromatic N) is 1. The van der Waals surface area contributed by atoms with Gasteiger partial charge in [-0.3, -0.25) is 4.79 Å². The molecule has 2 fully saturated rings. The number of aliphatic hydroxyl groups is 1. The number of amides is 1. The highest BCUT2D eigenvalue weighted by molar-refractivity contribution is 5.80. The van der Waals surface area contributed by atoms with Crippen LogP contribution in [0.5, 0.6) is 0 Å². The molecule has 3 unspecified atom stereocenters. The van der Waals surface area contributed by atoms with Crippen LogP contribution in [-0.4, -0.2) is 47.8 Å². The fourth-order valence-corrected chi connectivity index (χ4v) is 3.03. The van der Waals surface area contributed by atoms with E-state index in [1.165, 1.54) is 0 Å². The summed E-state index contributed by atoms with van der Waals surface area (Å²) in [5.41, 5.74) is 0. The van der Waals surface area contributed by atoms with Crippen LogP contribution in [0.4, 0.5) is 0 Å². The third-order valence-corrected chi connectivity index (χ3v) is 4.05. The lowest BCUT2D eigenvalue weighted by Gasteiger charge is -2.37. The second-order valence-corrected chi connectivity index (χ2v) is 5.08. The lowest BCUT2D eigenvalue weighted by molar-refractivity contribution is -0.142. The highest BCUT2D eigenvalue weighted by Crippen LogP contribution is 2.28. The fraction of sp³-hybridized carbons (Fsp3) is 0.923. The molecule has 4 heteroatoms. The van der Waals surface area contributed by atoms with Gasteiger partial charge in [-0.15, -0.1) is 0 Å². The van der Waals surface area contributed by atoms with Crippen LogP contribution in [0.1, 0.15) is 39.0 Å². The zero-order valence-corrected chi connectivity index (χ0v) is 10.6. The molecule has 1 amide bonds. The van der Waals surface area contributed by atoms with Gasteiger partial charge in [-0.05, 0) is 32.1 Å². The van der Waals surface area contributed by atoms with Crippen molar-refractivity contribution < 1.29 is 14.6 Å². The van der Waals surface area contributed by atoms with Gasteiger partial charge in [-0.25, -0.2) is 0 Å². The van der Waals surface area contributed by atoms with Crippen molar-refractivity contribution >= 4 is 5.91 Å². The highest BCUT2D eigenvalue weighted by atomic mass is 16.5. The maximum atomic E-state index is 12.5. The summed E-state index contributed by atoms with van der Waals surface area (Å²) in [4.78, 5) is 14.4. The Bertz CT molecular complexity index is 269. The predicted octanol–water partition coefficient (Wildman–Crippen LogP) is 1.17. The van der Waals surface area contributed by atoms with Crippen LogP contribution in [0.25, 0.3) is 0 Å². The normalized spacial score (nSPS) is 34.0. The van der Waals surface area contributed by atoms with E-state index in [1.807, 2.05) is 4.90 Å². The average molecular weight is 241 g/mol. The molecule has 0 aromatic carbocycles. The number of carbonyl (C=O) groups is 1. The summed E-state index contributed by atoms with van der Waals surface area (Å²) >= 11 is 0. The van der Waals surface area contributed by atoms with Gasteiger partial charge in [0.2, 0.25) is 5.91 Å². The molecule has 2 rings (SSSR count). The summed E-state index contributed by atoms with van der Waals surface area (Å²) in [6.45, 7) is 3.66. The van der Waals surface area contributed by atoms with Crippen LogP contribution in [0.15, 0.2) is 0 Å². The van der Waals surface area contributed by atoms with E-state index in [-0.39, 0.29) is 30.6 Å². The number of aliphatic hydroxyl groups excluding tert-OH is 1. The second kappa shape index (κ2) is 5.83. The zero-order valence-electron chi connectivity index (χ0n) is 10.6. The van der Waals surface area contributed by atoms with E-state index >= 15 is 0 Å². The Kier molecular flexibility index (Phi) is 4.40. The standard InChI is InChI=1S/C13H23NO3/c1-2-12-11(6-8-17-12)13(16)14-7-4-3-5-10(14)9-15/h10-12,15H,2-9H2,1H3. The van der Waals surface area contributed by atoms with Gasteiger partial charge >= 0.3 is 0 Å². The maximum Gasteiger partial charge on any atom is 0.228 e. The molecule has 0 aromatic rings. The first-order valence-electron chi connectivity index (χ1n) is 6.80. The molecule has 2 aliphatic rings. The van der Waals surface area contributed by atoms with E-state index in [9.17, 15) is 9.90 Å². The molecule has 17 heavy (non-hydrogen) atoms. The van der Waals surface area contributed by atoms with E-state index in [4.69, 9.17) is 4.74 Å². The molecule has 0 saturated carbocycles. The molecule has 2 aliphatic heterocycles. The third kappa shape index (κ3) is 2.63. The van der Waals surface area contributed by atoms with Crippen LogP contribution < -0.4 is 0 Å². The number of hydrogen-bond acceptors (Lipinski definition) is 3. The Morgan fingerprint density at radius 2 is 2.24 bits per heavy atom. The summed E-state index contributed by atoms with van der Waals surface area (Å²) in [5, 5.41) is 9.35. The van der Waals surface area contributed by atoms with Gasteiger partial charge in [0.15, 0.2) is 0 Å². The van der Waals surface area contributed by atoms with E-state index in [0.717, 1.165) is 38.6 Å². The molecule has 1 N–H and O–H groups in total. The Hall–Kier alpha value is -0.610. The lowest BCUT2D eigenvalue weighted by atomic mass is 9.94. The summed E-state index contributed by atoms with van der Waals surface area (Å²) in [6.07, 6.45) is 4.94. The first kappa shape index (κ1) is 12.8.